The summed E-state index contributed by atoms with van der Waals surface area (Å²) in [6, 6.07) is 12.3. The van der Waals surface area contributed by atoms with Crippen molar-refractivity contribution in [3.63, 3.8) is 0 Å². The number of ether oxygens (including phenoxy) is 4. The maximum absolute atomic E-state index is 6.35. The van der Waals surface area contributed by atoms with E-state index in [1.165, 1.54) is 0 Å². The summed E-state index contributed by atoms with van der Waals surface area (Å²) in [5.74, 6) is 2.12. The Morgan fingerprint density at radius 3 is 2.33 bits per heavy atom. The molecule has 1 atom stereocenters. The molecule has 39 heavy (non-hydrogen) atoms. The predicted octanol–water partition coefficient (Wildman–Crippen LogP) is 8.12. The number of nitrogens with two attached hydrogens (primary N) is 1. The number of rotatable bonds is 14. The van der Waals surface area contributed by atoms with Crippen molar-refractivity contribution >= 4 is 5.88 Å². The van der Waals surface area contributed by atoms with Crippen LogP contribution in [-0.4, -0.2) is 31.3 Å². The molecular weight excluding hydrogens is 492 g/mol. The Labute approximate surface area is 233 Å². The van der Waals surface area contributed by atoms with Crippen LogP contribution >= 0.6 is 0 Å². The molecule has 0 bridgehead atoms. The van der Waals surface area contributed by atoms with Crippen molar-refractivity contribution in [1.29, 1.82) is 0 Å². The van der Waals surface area contributed by atoms with Gasteiger partial charge in [-0.1, -0.05) is 70.0 Å². The lowest BCUT2D eigenvalue weighted by Crippen LogP contribution is -2.21. The van der Waals surface area contributed by atoms with Gasteiger partial charge in [-0.05, 0) is 60.8 Å². The van der Waals surface area contributed by atoms with E-state index in [0.29, 0.717) is 25.5 Å². The largest absolute Gasteiger partial charge is 0.493 e. The third-order valence-corrected chi connectivity index (χ3v) is 7.03. The number of anilines is 1. The summed E-state index contributed by atoms with van der Waals surface area (Å²) in [4.78, 5) is 0. The summed E-state index contributed by atoms with van der Waals surface area (Å²) in [5, 5.41) is 4.41. The van der Waals surface area contributed by atoms with Crippen molar-refractivity contribution in [2.75, 3.05) is 25.6 Å². The smallest absolute Gasteiger partial charge is 0.230 e. The van der Waals surface area contributed by atoms with Crippen LogP contribution in [-0.2, 0) is 16.1 Å². The van der Waals surface area contributed by atoms with Crippen LogP contribution in [0.15, 0.2) is 40.9 Å². The van der Waals surface area contributed by atoms with Crippen LogP contribution < -0.4 is 15.2 Å². The summed E-state index contributed by atoms with van der Waals surface area (Å²) in [7, 11) is 0. The van der Waals surface area contributed by atoms with Crippen molar-refractivity contribution < 1.29 is 23.5 Å². The lowest BCUT2D eigenvalue weighted by molar-refractivity contribution is -0.168. The van der Waals surface area contributed by atoms with Gasteiger partial charge in [-0.2, -0.15) is 0 Å². The highest BCUT2D eigenvalue weighted by Crippen LogP contribution is 2.44. The molecule has 212 valence electrons. The van der Waals surface area contributed by atoms with Crippen molar-refractivity contribution in [3.8, 4) is 33.9 Å². The average Bonchev–Trinajstić information content (AvgIpc) is 3.34. The minimum Gasteiger partial charge on any atom is -0.493 e. The highest BCUT2D eigenvalue weighted by Gasteiger charge is 2.24. The Kier molecular flexibility index (Phi) is 10.7. The number of nitrogen functional groups attached to an aromatic ring is 1. The zero-order chi connectivity index (χ0) is 27.6. The van der Waals surface area contributed by atoms with Gasteiger partial charge in [0.1, 0.15) is 17.2 Å². The fraction of sp³-hybridized carbons (Fsp3) is 0.531. The molecular formula is C32H44N2O5. The molecule has 2 aromatic carbocycles. The number of aromatic nitrogens is 1. The van der Waals surface area contributed by atoms with Gasteiger partial charge >= 0.3 is 0 Å². The first-order valence-electron chi connectivity index (χ1n) is 14.5. The SMILES string of the molecule is CCCCOc1cc(OCCCC)c(C(C)C)cc1-c1noc(N)c1-c1ccc(COC2CCCCO2)cc1. The standard InChI is InChI=1S/C32H44N2O5/c1-5-7-16-35-27-20-28(36-17-8-6-2)26(19-25(27)22(3)4)31-30(32(33)39-34-31)24-14-12-23(13-15-24)21-38-29-11-9-10-18-37-29/h12-15,19-20,22,29H,5-11,16-18,21,33H2,1-4H3. The van der Waals surface area contributed by atoms with E-state index in [9.17, 15) is 0 Å². The van der Waals surface area contributed by atoms with Crippen LogP contribution in [0, 0.1) is 0 Å². The molecule has 1 fully saturated rings. The first-order chi connectivity index (χ1) is 19.0. The second-order valence-electron chi connectivity index (χ2n) is 10.5. The molecule has 0 amide bonds. The maximum Gasteiger partial charge on any atom is 0.230 e. The lowest BCUT2D eigenvalue weighted by atomic mass is 9.94. The second-order valence-corrected chi connectivity index (χ2v) is 10.5. The van der Waals surface area contributed by atoms with Gasteiger partial charge < -0.3 is 29.2 Å². The van der Waals surface area contributed by atoms with E-state index in [1.807, 2.05) is 18.2 Å². The van der Waals surface area contributed by atoms with Crippen LogP contribution in [0.2, 0.25) is 0 Å². The van der Waals surface area contributed by atoms with E-state index >= 15 is 0 Å². The van der Waals surface area contributed by atoms with Gasteiger partial charge in [0.2, 0.25) is 5.88 Å². The van der Waals surface area contributed by atoms with E-state index in [0.717, 1.165) is 90.9 Å². The normalized spacial score (nSPS) is 15.6. The monoisotopic (exact) mass is 536 g/mol. The lowest BCUT2D eigenvalue weighted by Gasteiger charge is -2.22. The third-order valence-electron chi connectivity index (χ3n) is 7.03. The summed E-state index contributed by atoms with van der Waals surface area (Å²) >= 11 is 0. The van der Waals surface area contributed by atoms with E-state index in [4.69, 9.17) is 29.2 Å². The summed E-state index contributed by atoms with van der Waals surface area (Å²) in [6.07, 6.45) is 7.17. The molecule has 0 aliphatic carbocycles. The molecule has 7 heteroatoms. The van der Waals surface area contributed by atoms with Crippen molar-refractivity contribution in [3.05, 3.63) is 47.5 Å². The molecule has 7 nitrogen and oxygen atoms in total. The maximum atomic E-state index is 6.35. The number of unbranched alkanes of at least 4 members (excludes halogenated alkanes) is 2. The zero-order valence-corrected chi connectivity index (χ0v) is 24.0. The van der Waals surface area contributed by atoms with Gasteiger partial charge in [0, 0.05) is 18.2 Å². The first-order valence-corrected chi connectivity index (χ1v) is 14.5. The quantitative estimate of drug-likeness (QED) is 0.208. The molecule has 1 saturated heterocycles. The minimum absolute atomic E-state index is 0.117. The van der Waals surface area contributed by atoms with Crippen molar-refractivity contribution in [2.45, 2.75) is 91.5 Å². The molecule has 1 aliphatic rings. The number of hydrogen-bond acceptors (Lipinski definition) is 7. The zero-order valence-electron chi connectivity index (χ0n) is 24.0. The molecule has 2 N–H and O–H groups in total. The van der Waals surface area contributed by atoms with Crippen LogP contribution in [0.25, 0.3) is 22.4 Å². The number of benzene rings is 2. The number of hydrogen-bond donors (Lipinski definition) is 1. The summed E-state index contributed by atoms with van der Waals surface area (Å²) < 4.78 is 29.7. The molecule has 0 saturated carbocycles. The van der Waals surface area contributed by atoms with Gasteiger partial charge in [-0.25, -0.2) is 0 Å². The first kappa shape index (κ1) is 29.0. The van der Waals surface area contributed by atoms with Crippen molar-refractivity contribution in [1.82, 2.24) is 5.16 Å². The molecule has 1 unspecified atom stereocenters. The highest BCUT2D eigenvalue weighted by molar-refractivity contribution is 5.89. The van der Waals surface area contributed by atoms with E-state index in [1.54, 1.807) is 0 Å². The Morgan fingerprint density at radius 1 is 0.974 bits per heavy atom. The Morgan fingerprint density at radius 2 is 1.69 bits per heavy atom. The van der Waals surface area contributed by atoms with Gasteiger partial charge in [-0.3, -0.25) is 0 Å². The third kappa shape index (κ3) is 7.55. The second kappa shape index (κ2) is 14.4. The van der Waals surface area contributed by atoms with Crippen LogP contribution in [0.5, 0.6) is 11.5 Å². The van der Waals surface area contributed by atoms with Crippen molar-refractivity contribution in [2.24, 2.45) is 0 Å². The fourth-order valence-corrected chi connectivity index (χ4v) is 4.68. The number of nitrogens with zero attached hydrogens (tertiary/aromatic N) is 1. The van der Waals surface area contributed by atoms with Crippen LogP contribution in [0.3, 0.4) is 0 Å². The Bertz CT molecular complexity index is 1170. The molecule has 0 radical (unpaired) electrons. The molecule has 1 aliphatic heterocycles. The molecule has 4 rings (SSSR count). The van der Waals surface area contributed by atoms with Gasteiger partial charge in [0.05, 0.1) is 25.4 Å². The van der Waals surface area contributed by atoms with Gasteiger partial charge in [-0.15, -0.1) is 0 Å². The minimum atomic E-state index is -0.117. The summed E-state index contributed by atoms with van der Waals surface area (Å²) in [6.45, 7) is 11.2. The Hall–Kier alpha value is -3.03. The highest BCUT2D eigenvalue weighted by atomic mass is 16.7. The predicted molar refractivity (Wildman–Crippen MR) is 155 cm³/mol. The molecule has 2 heterocycles. The molecule has 1 aromatic heterocycles. The van der Waals surface area contributed by atoms with Gasteiger partial charge in [0.15, 0.2) is 6.29 Å². The Balaban J connectivity index is 1.65. The summed E-state index contributed by atoms with van der Waals surface area (Å²) in [5.41, 5.74) is 11.7. The van der Waals surface area contributed by atoms with E-state index in [2.05, 4.69) is 51.1 Å². The average molecular weight is 537 g/mol. The van der Waals surface area contributed by atoms with Crippen LogP contribution in [0.4, 0.5) is 5.88 Å². The van der Waals surface area contributed by atoms with E-state index in [-0.39, 0.29) is 18.1 Å². The fourth-order valence-electron chi connectivity index (χ4n) is 4.68. The molecule has 3 aromatic rings. The van der Waals surface area contributed by atoms with E-state index < -0.39 is 0 Å². The topological polar surface area (TPSA) is 89.0 Å². The molecule has 0 spiro atoms. The van der Waals surface area contributed by atoms with Crippen LogP contribution in [0.1, 0.15) is 89.7 Å². The van der Waals surface area contributed by atoms with Gasteiger partial charge in [0.25, 0.3) is 0 Å².